The maximum absolute atomic E-state index is 13.9. The monoisotopic (exact) mass is 656 g/mol. The number of rotatable bonds is 14. The molecule has 1 atom stereocenters. The van der Waals surface area contributed by atoms with Gasteiger partial charge >= 0.3 is 0 Å². The highest BCUT2D eigenvalue weighted by Crippen LogP contribution is 2.41. The number of likely N-dealkylation sites (tertiary alicyclic amines) is 2. The molecule has 0 aliphatic carbocycles. The number of ether oxygens (including phenoxy) is 4. The number of H-pyrrole nitrogens is 1. The van der Waals surface area contributed by atoms with E-state index in [1.165, 1.54) is 5.56 Å². The van der Waals surface area contributed by atoms with Crippen LogP contribution in [0.1, 0.15) is 48.5 Å². The van der Waals surface area contributed by atoms with Crippen molar-refractivity contribution in [2.75, 3.05) is 78.7 Å². The molecule has 2 aromatic carbocycles. The van der Waals surface area contributed by atoms with Crippen molar-refractivity contribution in [2.24, 2.45) is 0 Å². The van der Waals surface area contributed by atoms with Crippen molar-refractivity contribution >= 4 is 22.9 Å². The molecule has 48 heavy (non-hydrogen) atoms. The highest BCUT2D eigenvalue weighted by molar-refractivity contribution is 5.96. The Balaban J connectivity index is 1.13. The second-order valence-corrected chi connectivity index (χ2v) is 12.7. The Hall–Kier alpha value is -4.35. The number of benzene rings is 2. The van der Waals surface area contributed by atoms with Crippen LogP contribution in [0.2, 0.25) is 0 Å². The number of hydrogen-bond acceptors (Lipinski definition) is 9. The van der Waals surface area contributed by atoms with Gasteiger partial charge in [0.15, 0.2) is 11.5 Å². The number of hydrogen-bond donors (Lipinski definition) is 1. The second-order valence-electron chi connectivity index (χ2n) is 12.7. The third-order valence-electron chi connectivity index (χ3n) is 10.1. The van der Waals surface area contributed by atoms with Crippen molar-refractivity contribution in [1.29, 1.82) is 0 Å². The molecule has 6 rings (SSSR count). The van der Waals surface area contributed by atoms with Gasteiger partial charge in [0.25, 0.3) is 5.91 Å². The summed E-state index contributed by atoms with van der Waals surface area (Å²) in [5, 5.41) is 0. The normalized spacial score (nSPS) is 18.7. The maximum Gasteiger partial charge on any atom is 0.254 e. The largest absolute Gasteiger partial charge is 0.493 e. The van der Waals surface area contributed by atoms with Gasteiger partial charge in [-0.25, -0.2) is 4.98 Å². The van der Waals surface area contributed by atoms with Gasteiger partial charge in [0.2, 0.25) is 11.7 Å². The van der Waals surface area contributed by atoms with Crippen LogP contribution >= 0.6 is 0 Å². The number of pyridine rings is 1. The lowest BCUT2D eigenvalue weighted by Crippen LogP contribution is -2.47. The van der Waals surface area contributed by atoms with Gasteiger partial charge in [0.05, 0.1) is 39.0 Å². The molecule has 4 aromatic rings. The summed E-state index contributed by atoms with van der Waals surface area (Å²) in [5.74, 6) is 2.31. The standard InChI is InChI=1S/C37H48N6O5/c1-5-48-23-22-43(36-39-30-8-6-7-9-31(30)40-36)29-12-18-41(19-13-29)20-14-37(28-10-16-38-17-11-28)15-21-42(26-37)35(44)27-24-32(45-2)34(47-4)33(25-27)46-3/h6-11,16-17,24-25,29H,5,12-15,18-23,26H2,1-4H3,(H,39,40). The van der Waals surface area contributed by atoms with Gasteiger partial charge in [-0.3, -0.25) is 9.78 Å². The van der Waals surface area contributed by atoms with E-state index in [0.29, 0.717) is 55.2 Å². The van der Waals surface area contributed by atoms with E-state index in [0.717, 1.165) is 68.8 Å². The van der Waals surface area contributed by atoms with E-state index in [1.807, 2.05) is 36.4 Å². The highest BCUT2D eigenvalue weighted by Gasteiger charge is 2.42. The average Bonchev–Trinajstić information content (AvgIpc) is 3.78. The Morgan fingerprint density at radius 2 is 1.73 bits per heavy atom. The van der Waals surface area contributed by atoms with Crippen LogP contribution in [-0.4, -0.2) is 111 Å². The fraction of sp³-hybridized carbons (Fsp3) is 0.486. The summed E-state index contributed by atoms with van der Waals surface area (Å²) in [6.07, 6.45) is 7.68. The molecule has 0 spiro atoms. The molecule has 11 nitrogen and oxygen atoms in total. The van der Waals surface area contributed by atoms with Crippen LogP contribution in [0.15, 0.2) is 60.9 Å². The first-order valence-electron chi connectivity index (χ1n) is 17.0. The molecule has 0 saturated carbocycles. The van der Waals surface area contributed by atoms with Crippen molar-refractivity contribution in [1.82, 2.24) is 24.8 Å². The van der Waals surface area contributed by atoms with Crippen molar-refractivity contribution < 1.29 is 23.7 Å². The van der Waals surface area contributed by atoms with E-state index in [2.05, 4.69) is 44.0 Å². The maximum atomic E-state index is 13.9. The van der Waals surface area contributed by atoms with E-state index in [-0.39, 0.29) is 11.3 Å². The number of methoxy groups -OCH3 is 3. The Kier molecular flexibility index (Phi) is 10.7. The Bertz CT molecular complexity index is 1600. The van der Waals surface area contributed by atoms with Crippen molar-refractivity contribution in [3.8, 4) is 17.2 Å². The summed E-state index contributed by atoms with van der Waals surface area (Å²) in [5.41, 5.74) is 3.65. The van der Waals surface area contributed by atoms with Crippen LogP contribution in [0.5, 0.6) is 17.2 Å². The second kappa shape index (κ2) is 15.3. The van der Waals surface area contributed by atoms with Gasteiger partial charge in [-0.2, -0.15) is 0 Å². The molecule has 11 heteroatoms. The zero-order valence-electron chi connectivity index (χ0n) is 28.6. The molecule has 256 valence electrons. The molecule has 2 aliphatic rings. The molecule has 0 bridgehead atoms. The molecule has 4 heterocycles. The summed E-state index contributed by atoms with van der Waals surface area (Å²) >= 11 is 0. The number of nitrogens with one attached hydrogen (secondary N) is 1. The van der Waals surface area contributed by atoms with E-state index >= 15 is 0 Å². The van der Waals surface area contributed by atoms with E-state index in [1.54, 1.807) is 33.5 Å². The van der Waals surface area contributed by atoms with Crippen molar-refractivity contribution in [3.63, 3.8) is 0 Å². The molecule has 2 aromatic heterocycles. The molecule has 1 N–H and O–H groups in total. The lowest BCUT2D eigenvalue weighted by atomic mass is 9.77. The van der Waals surface area contributed by atoms with Crippen molar-refractivity contribution in [3.05, 3.63) is 72.1 Å². The predicted octanol–water partition coefficient (Wildman–Crippen LogP) is 5.17. The van der Waals surface area contributed by atoms with E-state index < -0.39 is 0 Å². The number of amides is 1. The number of aromatic amines is 1. The summed E-state index contributed by atoms with van der Waals surface area (Å²) in [6, 6.07) is 16.3. The van der Waals surface area contributed by atoms with Crippen LogP contribution in [0.4, 0.5) is 5.95 Å². The van der Waals surface area contributed by atoms with Gasteiger partial charge in [0, 0.05) is 68.7 Å². The first kappa shape index (κ1) is 33.5. The van der Waals surface area contributed by atoms with Gasteiger partial charge in [0.1, 0.15) is 0 Å². The number of carbonyl (C=O) groups is 1. The lowest BCUT2D eigenvalue weighted by molar-refractivity contribution is 0.0779. The third kappa shape index (κ3) is 7.07. The van der Waals surface area contributed by atoms with Crippen LogP contribution < -0.4 is 19.1 Å². The molecule has 1 amide bonds. The molecular formula is C37H48N6O5. The molecule has 0 radical (unpaired) electrons. The van der Waals surface area contributed by atoms with Gasteiger partial charge in [-0.1, -0.05) is 12.1 Å². The number of imidazole rings is 1. The molecular weight excluding hydrogens is 608 g/mol. The number of anilines is 1. The zero-order valence-corrected chi connectivity index (χ0v) is 28.6. The van der Waals surface area contributed by atoms with Crippen molar-refractivity contribution in [2.45, 2.75) is 44.1 Å². The average molecular weight is 657 g/mol. The Morgan fingerprint density at radius 3 is 2.40 bits per heavy atom. The number of nitrogens with zero attached hydrogens (tertiary/aromatic N) is 5. The van der Waals surface area contributed by atoms with Crippen LogP contribution in [-0.2, 0) is 10.2 Å². The number of aromatic nitrogens is 3. The highest BCUT2D eigenvalue weighted by atomic mass is 16.5. The fourth-order valence-corrected chi connectivity index (χ4v) is 7.39. The van der Waals surface area contributed by atoms with Crippen LogP contribution in [0.25, 0.3) is 11.0 Å². The summed E-state index contributed by atoms with van der Waals surface area (Å²) in [6.45, 7) is 8.52. The topological polar surface area (TPSA) is 105 Å². The minimum atomic E-state index is -0.159. The predicted molar refractivity (Wildman–Crippen MR) is 187 cm³/mol. The molecule has 2 saturated heterocycles. The van der Waals surface area contributed by atoms with Gasteiger partial charge < -0.3 is 38.6 Å². The lowest BCUT2D eigenvalue weighted by Gasteiger charge is -2.40. The summed E-state index contributed by atoms with van der Waals surface area (Å²) in [4.78, 5) is 33.6. The molecule has 2 fully saturated rings. The summed E-state index contributed by atoms with van der Waals surface area (Å²) in [7, 11) is 4.69. The van der Waals surface area contributed by atoms with E-state index in [4.69, 9.17) is 23.9 Å². The fourth-order valence-electron chi connectivity index (χ4n) is 7.39. The smallest absolute Gasteiger partial charge is 0.254 e. The number of para-hydroxylation sites is 2. The van der Waals surface area contributed by atoms with E-state index in [9.17, 15) is 4.79 Å². The zero-order chi connectivity index (χ0) is 33.5. The SMILES string of the molecule is CCOCCN(c1nc2ccccc2[nH]1)C1CCN(CCC2(c3ccncc3)CCN(C(=O)c3cc(OC)c(OC)c(OC)c3)C2)CC1. The van der Waals surface area contributed by atoms with Crippen LogP contribution in [0, 0.1) is 0 Å². The van der Waals surface area contributed by atoms with Gasteiger partial charge in [-0.15, -0.1) is 0 Å². The van der Waals surface area contributed by atoms with Crippen LogP contribution in [0.3, 0.4) is 0 Å². The Labute approximate surface area is 283 Å². The third-order valence-corrected chi connectivity index (χ3v) is 10.1. The number of carbonyl (C=O) groups excluding carboxylic acids is 1. The minimum Gasteiger partial charge on any atom is -0.493 e. The summed E-state index contributed by atoms with van der Waals surface area (Å²) < 4.78 is 22.3. The number of piperidine rings is 1. The molecule has 2 aliphatic heterocycles. The first-order chi connectivity index (χ1) is 23.5. The minimum absolute atomic E-state index is 0.0382. The number of fused-ring (bicyclic) bond motifs is 1. The quantitative estimate of drug-likeness (QED) is 0.184. The Morgan fingerprint density at radius 1 is 1.00 bits per heavy atom. The van der Waals surface area contributed by atoms with Gasteiger partial charge in [-0.05, 0) is 81.1 Å². The molecule has 1 unspecified atom stereocenters. The first-order valence-corrected chi connectivity index (χ1v) is 17.0.